The van der Waals surface area contributed by atoms with Crippen LogP contribution in [-0.2, 0) is 0 Å². The lowest BCUT2D eigenvalue weighted by atomic mass is 10.1. The van der Waals surface area contributed by atoms with Crippen LogP contribution in [0, 0.1) is 0 Å². The van der Waals surface area contributed by atoms with Crippen LogP contribution in [-0.4, -0.2) is 4.98 Å². The predicted octanol–water partition coefficient (Wildman–Crippen LogP) is 3.06. The number of nitrogens with zero attached hydrogens (tertiary/aromatic N) is 1. The van der Waals surface area contributed by atoms with E-state index in [2.05, 4.69) is 17.1 Å². The van der Waals surface area contributed by atoms with E-state index >= 15 is 0 Å². The molecule has 1 nitrogen and oxygen atoms in total. The molecular weight excluding hydrogens is 146 g/mol. The highest BCUT2D eigenvalue weighted by Gasteiger charge is 1.94. The van der Waals surface area contributed by atoms with E-state index in [9.17, 15) is 0 Å². The molecule has 1 aromatic heterocycles. The molecule has 0 amide bonds. The number of hydrogen-bond acceptors (Lipinski definition) is 1. The molecule has 0 atom stereocenters. The van der Waals surface area contributed by atoms with E-state index in [1.54, 1.807) is 0 Å². The molecule has 1 rings (SSSR count). The zero-order valence-electron chi connectivity index (χ0n) is 7.49. The topological polar surface area (TPSA) is 12.9 Å². The van der Waals surface area contributed by atoms with Crippen molar-refractivity contribution in [3.63, 3.8) is 0 Å². The van der Waals surface area contributed by atoms with Gasteiger partial charge in [0, 0.05) is 6.20 Å². The van der Waals surface area contributed by atoms with Crippen molar-refractivity contribution in [2.75, 3.05) is 0 Å². The number of allylic oxidation sites excluding steroid dienone is 4. The first-order valence-corrected chi connectivity index (χ1v) is 4.09. The minimum Gasteiger partial charge on any atom is -0.256 e. The van der Waals surface area contributed by atoms with Crippen LogP contribution in [0.4, 0.5) is 0 Å². The molecule has 0 N–H and O–H groups in total. The molecule has 0 saturated carbocycles. The van der Waals surface area contributed by atoms with Crippen LogP contribution in [0.3, 0.4) is 0 Å². The fourth-order valence-electron chi connectivity index (χ4n) is 1.04. The number of hydrogen-bond donors (Lipinski definition) is 0. The molecular formula is C11H13N. The van der Waals surface area contributed by atoms with Crippen molar-refractivity contribution in [2.24, 2.45) is 0 Å². The average Bonchev–Trinajstić information content (AvgIpc) is 2.15. The van der Waals surface area contributed by atoms with Crippen molar-refractivity contribution in [1.82, 2.24) is 4.98 Å². The lowest BCUT2D eigenvalue weighted by Crippen LogP contribution is -1.83. The molecule has 0 aliphatic carbocycles. The van der Waals surface area contributed by atoms with Gasteiger partial charge >= 0.3 is 0 Å². The minimum absolute atomic E-state index is 1.03. The van der Waals surface area contributed by atoms with Gasteiger partial charge in [-0.2, -0.15) is 0 Å². The fraction of sp³-hybridized carbons (Fsp3) is 0.182. The second-order valence-corrected chi connectivity index (χ2v) is 2.46. The Hall–Kier alpha value is -1.37. The maximum absolute atomic E-state index is 4.25. The Kier molecular flexibility index (Phi) is 3.27. The van der Waals surface area contributed by atoms with Gasteiger partial charge in [0.2, 0.25) is 0 Å². The quantitative estimate of drug-likeness (QED) is 0.604. The van der Waals surface area contributed by atoms with Gasteiger partial charge in [0.05, 0.1) is 5.69 Å². The Morgan fingerprint density at radius 1 is 1.33 bits per heavy atom. The summed E-state index contributed by atoms with van der Waals surface area (Å²) in [7, 11) is 0. The van der Waals surface area contributed by atoms with Gasteiger partial charge < -0.3 is 0 Å². The zero-order valence-corrected chi connectivity index (χ0v) is 7.49. The maximum Gasteiger partial charge on any atom is 0.0698 e. The second-order valence-electron chi connectivity index (χ2n) is 2.46. The van der Waals surface area contributed by atoms with Crippen molar-refractivity contribution in [2.45, 2.75) is 13.8 Å². The second kappa shape index (κ2) is 4.50. The van der Waals surface area contributed by atoms with Gasteiger partial charge in [-0.05, 0) is 31.6 Å². The molecule has 0 spiro atoms. The standard InChI is InChI=1S/C11H13N/c1-3-7-10(4-2)11-8-5-6-9-12-11/h3-9H,1-2H3/b7-3-,10-4+. The summed E-state index contributed by atoms with van der Waals surface area (Å²) in [5, 5.41) is 0. The Balaban J connectivity index is 2.97. The van der Waals surface area contributed by atoms with Crippen LogP contribution in [0.15, 0.2) is 42.6 Å². The summed E-state index contributed by atoms with van der Waals surface area (Å²) in [6, 6.07) is 5.93. The monoisotopic (exact) mass is 159 g/mol. The predicted molar refractivity (Wildman–Crippen MR) is 52.7 cm³/mol. The van der Waals surface area contributed by atoms with E-state index in [0.717, 1.165) is 11.3 Å². The Morgan fingerprint density at radius 2 is 2.17 bits per heavy atom. The van der Waals surface area contributed by atoms with Crippen LogP contribution in [0.25, 0.3) is 5.57 Å². The van der Waals surface area contributed by atoms with Crippen molar-refractivity contribution >= 4 is 5.57 Å². The Labute approximate surface area is 73.5 Å². The number of pyridine rings is 1. The third-order valence-electron chi connectivity index (χ3n) is 1.62. The first-order chi connectivity index (χ1) is 5.88. The van der Waals surface area contributed by atoms with Crippen molar-refractivity contribution in [3.8, 4) is 0 Å². The highest BCUT2D eigenvalue weighted by atomic mass is 14.7. The maximum atomic E-state index is 4.25. The van der Waals surface area contributed by atoms with Gasteiger partial charge in [0.25, 0.3) is 0 Å². The van der Waals surface area contributed by atoms with E-state index in [4.69, 9.17) is 0 Å². The summed E-state index contributed by atoms with van der Waals surface area (Å²) in [5.41, 5.74) is 2.19. The van der Waals surface area contributed by atoms with Crippen molar-refractivity contribution in [1.29, 1.82) is 0 Å². The first-order valence-electron chi connectivity index (χ1n) is 4.09. The van der Waals surface area contributed by atoms with E-state index in [0.29, 0.717) is 0 Å². The van der Waals surface area contributed by atoms with Crippen LogP contribution in [0.5, 0.6) is 0 Å². The summed E-state index contributed by atoms with van der Waals surface area (Å²) in [5.74, 6) is 0. The number of aromatic nitrogens is 1. The zero-order chi connectivity index (χ0) is 8.81. The molecule has 0 fully saturated rings. The Morgan fingerprint density at radius 3 is 2.67 bits per heavy atom. The molecule has 0 radical (unpaired) electrons. The third-order valence-corrected chi connectivity index (χ3v) is 1.62. The van der Waals surface area contributed by atoms with Crippen LogP contribution in [0.1, 0.15) is 19.5 Å². The van der Waals surface area contributed by atoms with E-state index in [1.165, 1.54) is 0 Å². The van der Waals surface area contributed by atoms with Gasteiger partial charge in [0.1, 0.15) is 0 Å². The molecule has 62 valence electrons. The normalized spacial score (nSPS) is 12.3. The molecule has 0 unspecified atom stereocenters. The van der Waals surface area contributed by atoms with Gasteiger partial charge in [-0.15, -0.1) is 0 Å². The molecule has 0 saturated heterocycles. The molecule has 1 aromatic rings. The summed E-state index contributed by atoms with van der Waals surface area (Å²) in [6.45, 7) is 4.02. The Bertz CT molecular complexity index is 283. The first kappa shape index (κ1) is 8.72. The van der Waals surface area contributed by atoms with Gasteiger partial charge in [-0.25, -0.2) is 0 Å². The van der Waals surface area contributed by atoms with E-state index in [-0.39, 0.29) is 0 Å². The number of rotatable bonds is 2. The largest absolute Gasteiger partial charge is 0.256 e. The fourth-order valence-corrected chi connectivity index (χ4v) is 1.04. The molecule has 0 bridgehead atoms. The van der Waals surface area contributed by atoms with Gasteiger partial charge in [-0.1, -0.05) is 24.3 Å². The molecule has 0 aromatic carbocycles. The van der Waals surface area contributed by atoms with Gasteiger partial charge in [0.15, 0.2) is 0 Å². The highest BCUT2D eigenvalue weighted by molar-refractivity contribution is 5.70. The smallest absolute Gasteiger partial charge is 0.0698 e. The molecule has 0 aliphatic rings. The summed E-state index contributed by atoms with van der Waals surface area (Å²) in [4.78, 5) is 4.25. The minimum atomic E-state index is 1.03. The SMILES string of the molecule is C/C=C\C(=C/C)c1ccccn1. The van der Waals surface area contributed by atoms with Gasteiger partial charge in [-0.3, -0.25) is 4.98 Å². The van der Waals surface area contributed by atoms with E-state index < -0.39 is 0 Å². The molecule has 0 aliphatic heterocycles. The third kappa shape index (κ3) is 2.06. The highest BCUT2D eigenvalue weighted by Crippen LogP contribution is 2.11. The average molecular weight is 159 g/mol. The van der Waals surface area contributed by atoms with Crippen LogP contribution >= 0.6 is 0 Å². The summed E-state index contributed by atoms with van der Waals surface area (Å²) in [6.07, 6.45) is 7.94. The lowest BCUT2D eigenvalue weighted by Gasteiger charge is -1.98. The summed E-state index contributed by atoms with van der Waals surface area (Å²) < 4.78 is 0. The lowest BCUT2D eigenvalue weighted by molar-refractivity contribution is 1.28. The van der Waals surface area contributed by atoms with Crippen molar-refractivity contribution < 1.29 is 0 Å². The molecule has 1 heterocycles. The summed E-state index contributed by atoms with van der Waals surface area (Å²) >= 11 is 0. The van der Waals surface area contributed by atoms with Crippen LogP contribution in [0.2, 0.25) is 0 Å². The molecule has 12 heavy (non-hydrogen) atoms. The van der Waals surface area contributed by atoms with Crippen LogP contribution < -0.4 is 0 Å². The van der Waals surface area contributed by atoms with Crippen molar-refractivity contribution in [3.05, 3.63) is 48.3 Å². The van der Waals surface area contributed by atoms with E-state index in [1.807, 2.05) is 44.3 Å². The molecule has 1 heteroatoms.